The number of carbonyl (C=O) groups is 2. The van der Waals surface area contributed by atoms with Crippen LogP contribution in [-0.4, -0.2) is 48.2 Å². The Morgan fingerprint density at radius 3 is 2.84 bits per heavy atom. The number of thioether (sulfide) groups is 1. The van der Waals surface area contributed by atoms with Crippen molar-refractivity contribution in [3.8, 4) is 0 Å². The molecule has 3 heterocycles. The molecule has 3 atom stereocenters. The van der Waals surface area contributed by atoms with Crippen molar-refractivity contribution in [2.75, 3.05) is 0 Å². The Morgan fingerprint density at radius 1 is 1.58 bits per heavy atom. The number of fused-ring (bicyclic) bond motifs is 1. The Bertz CT molecular complexity index is 581. The highest BCUT2D eigenvalue weighted by Crippen LogP contribution is 2.51. The van der Waals surface area contributed by atoms with E-state index in [9.17, 15) is 19.8 Å². The van der Waals surface area contributed by atoms with Gasteiger partial charge in [0.1, 0.15) is 10.4 Å². The van der Waals surface area contributed by atoms with Crippen molar-refractivity contribution in [2.45, 2.75) is 18.4 Å². The van der Waals surface area contributed by atoms with Crippen molar-refractivity contribution < 1.29 is 19.8 Å². The van der Waals surface area contributed by atoms with E-state index >= 15 is 0 Å². The number of nitrogens with zero attached hydrogens (tertiary/aromatic N) is 3. The van der Waals surface area contributed by atoms with Gasteiger partial charge in [0.2, 0.25) is 5.91 Å². The first kappa shape index (κ1) is 12.2. The summed E-state index contributed by atoms with van der Waals surface area (Å²) in [6, 6.07) is 1.68. The highest BCUT2D eigenvalue weighted by Gasteiger charge is 2.58. The van der Waals surface area contributed by atoms with E-state index in [-0.39, 0.29) is 17.0 Å². The van der Waals surface area contributed by atoms with E-state index in [0.717, 1.165) is 0 Å². The molecule has 3 rings (SSSR count). The zero-order valence-corrected chi connectivity index (χ0v) is 10.7. The van der Waals surface area contributed by atoms with Crippen molar-refractivity contribution in [3.05, 3.63) is 24.2 Å². The molecule has 19 heavy (non-hydrogen) atoms. The molecule has 0 radical (unpaired) electrons. The zero-order chi connectivity index (χ0) is 13.7. The number of amides is 1. The second-order valence-electron chi connectivity index (χ2n) is 4.39. The number of hydrogen-bond acceptors (Lipinski definition) is 5. The maximum atomic E-state index is 11.9. The quantitative estimate of drug-likeness (QED) is 0.758. The molecule has 1 amide bonds. The van der Waals surface area contributed by atoms with Crippen molar-refractivity contribution >= 4 is 28.7 Å². The van der Waals surface area contributed by atoms with Crippen LogP contribution in [0.4, 0.5) is 0 Å². The summed E-state index contributed by atoms with van der Waals surface area (Å²) in [6.45, 7) is 1.53. The third-order valence-electron chi connectivity index (χ3n) is 3.19. The topological polar surface area (TPSA) is 95.7 Å². The number of carboxylic acid groups (broad SMARTS) is 1. The van der Waals surface area contributed by atoms with Crippen LogP contribution in [0.2, 0.25) is 0 Å². The maximum absolute atomic E-state index is 11.9. The summed E-state index contributed by atoms with van der Waals surface area (Å²) in [4.78, 5) is 24.5. The second-order valence-corrected chi connectivity index (χ2v) is 5.50. The van der Waals surface area contributed by atoms with Gasteiger partial charge in [0.05, 0.1) is 12.0 Å². The molecule has 1 aromatic heterocycles. The summed E-state index contributed by atoms with van der Waals surface area (Å²) in [5.41, 5.74) is -0.0689. The Hall–Kier alpha value is -1.80. The highest BCUT2D eigenvalue weighted by molar-refractivity contribution is 8.08. The van der Waals surface area contributed by atoms with E-state index in [4.69, 9.17) is 0 Å². The molecular weight excluding hydrogens is 270 g/mol. The summed E-state index contributed by atoms with van der Waals surface area (Å²) >= 11 is 1.24. The first-order valence-corrected chi connectivity index (χ1v) is 6.55. The second kappa shape index (κ2) is 4.10. The lowest BCUT2D eigenvalue weighted by Gasteiger charge is -2.43. The predicted octanol–water partition coefficient (Wildman–Crippen LogP) is 0.00590. The number of carboxylic acids is 1. The molecule has 7 nitrogen and oxygen atoms in total. The molecule has 1 fully saturated rings. The Labute approximate surface area is 112 Å². The van der Waals surface area contributed by atoms with E-state index in [1.54, 1.807) is 12.3 Å². The molecule has 0 spiro atoms. The lowest BCUT2D eigenvalue weighted by atomic mass is 9.92. The van der Waals surface area contributed by atoms with Crippen LogP contribution in [0.1, 0.15) is 6.92 Å². The minimum Gasteiger partial charge on any atom is -0.476 e. The summed E-state index contributed by atoms with van der Waals surface area (Å²) in [5, 5.41) is 22.9. The molecule has 2 N–H and O–H groups in total. The number of rotatable bonds is 3. The van der Waals surface area contributed by atoms with Gasteiger partial charge in [-0.3, -0.25) is 9.69 Å². The van der Waals surface area contributed by atoms with E-state index in [1.807, 2.05) is 0 Å². The van der Waals surface area contributed by atoms with Gasteiger partial charge in [0.25, 0.3) is 0 Å². The third kappa shape index (κ3) is 1.60. The standard InChI is InChI=1S/C11H11N3O4S/c1-5(15)6-8(16)14-7(11(17)18)10(19-9(6)14)13-4-2-3-12-13/h2-6,9,15H,1H3,(H,17,18)/t5?,6-,9+/m0/s1. The smallest absolute Gasteiger partial charge is 0.355 e. The normalized spacial score (nSPS) is 27.3. The van der Waals surface area contributed by atoms with Crippen molar-refractivity contribution in [3.63, 3.8) is 0 Å². The first-order chi connectivity index (χ1) is 9.02. The average molecular weight is 281 g/mol. The third-order valence-corrected chi connectivity index (χ3v) is 4.54. The zero-order valence-electron chi connectivity index (χ0n) is 9.92. The Morgan fingerprint density at radius 2 is 2.32 bits per heavy atom. The molecule has 1 aromatic rings. The van der Waals surface area contributed by atoms with Gasteiger partial charge >= 0.3 is 5.97 Å². The van der Waals surface area contributed by atoms with Gasteiger partial charge in [-0.15, -0.1) is 0 Å². The van der Waals surface area contributed by atoms with Crippen molar-refractivity contribution in [1.29, 1.82) is 0 Å². The molecule has 0 aromatic carbocycles. The fraction of sp³-hybridized carbons (Fsp3) is 0.364. The number of aliphatic hydroxyl groups is 1. The van der Waals surface area contributed by atoms with Crippen LogP contribution in [0.5, 0.6) is 0 Å². The van der Waals surface area contributed by atoms with Crippen LogP contribution < -0.4 is 0 Å². The van der Waals surface area contributed by atoms with E-state index in [0.29, 0.717) is 5.03 Å². The van der Waals surface area contributed by atoms with Crippen molar-refractivity contribution in [2.24, 2.45) is 5.92 Å². The van der Waals surface area contributed by atoms with Gasteiger partial charge in [-0.2, -0.15) is 5.10 Å². The van der Waals surface area contributed by atoms with Crippen molar-refractivity contribution in [1.82, 2.24) is 14.7 Å². The molecule has 0 saturated carbocycles. The Balaban J connectivity index is 2.01. The van der Waals surface area contributed by atoms with Crippen LogP contribution in [-0.2, 0) is 9.59 Å². The molecule has 1 unspecified atom stereocenters. The van der Waals surface area contributed by atoms with E-state index in [2.05, 4.69) is 5.10 Å². The van der Waals surface area contributed by atoms with Gasteiger partial charge < -0.3 is 10.2 Å². The van der Waals surface area contributed by atoms with Crippen LogP contribution in [0.3, 0.4) is 0 Å². The lowest BCUT2D eigenvalue weighted by Crippen LogP contribution is -2.60. The number of aliphatic hydroxyl groups excluding tert-OH is 1. The molecule has 1 saturated heterocycles. The summed E-state index contributed by atoms with van der Waals surface area (Å²) in [7, 11) is 0. The highest BCUT2D eigenvalue weighted by atomic mass is 32.2. The number of β-lactam (4-membered cyclic amide) rings is 1. The minimum atomic E-state index is -1.17. The summed E-state index contributed by atoms with van der Waals surface area (Å²) in [5.74, 6) is -2.09. The number of carbonyl (C=O) groups excluding carboxylic acids is 1. The van der Waals surface area contributed by atoms with Gasteiger partial charge in [-0.25, -0.2) is 9.48 Å². The fourth-order valence-corrected chi connectivity index (χ4v) is 3.86. The molecule has 8 heteroatoms. The Kier molecular flexibility index (Phi) is 2.64. The summed E-state index contributed by atoms with van der Waals surface area (Å²) in [6.07, 6.45) is 2.36. The number of aliphatic carboxylic acids is 1. The molecule has 2 aliphatic rings. The first-order valence-electron chi connectivity index (χ1n) is 5.67. The van der Waals surface area contributed by atoms with Gasteiger partial charge in [-0.05, 0) is 13.0 Å². The number of aromatic nitrogens is 2. The molecule has 2 aliphatic heterocycles. The predicted molar refractivity (Wildman–Crippen MR) is 66.5 cm³/mol. The van der Waals surface area contributed by atoms with Crippen LogP contribution >= 0.6 is 11.8 Å². The SMILES string of the molecule is CC(O)[C@H]1C(=O)N2C(C(=O)O)=C(n3cccn3)S[C@H]12. The fourth-order valence-electron chi connectivity index (χ4n) is 2.31. The van der Waals surface area contributed by atoms with Crippen LogP contribution in [0, 0.1) is 5.92 Å². The monoisotopic (exact) mass is 281 g/mol. The largest absolute Gasteiger partial charge is 0.476 e. The van der Waals surface area contributed by atoms with E-state index in [1.165, 1.54) is 34.5 Å². The molecule has 0 aliphatic carbocycles. The minimum absolute atomic E-state index is 0.0689. The number of hydrogen-bond donors (Lipinski definition) is 2. The van der Waals surface area contributed by atoms with Crippen LogP contribution in [0.15, 0.2) is 24.2 Å². The van der Waals surface area contributed by atoms with E-state index < -0.39 is 18.0 Å². The van der Waals surface area contributed by atoms with Crippen LogP contribution in [0.25, 0.3) is 5.03 Å². The molecule has 0 bridgehead atoms. The average Bonchev–Trinajstić information content (AvgIpc) is 2.92. The maximum Gasteiger partial charge on any atom is 0.355 e. The lowest BCUT2D eigenvalue weighted by molar-refractivity contribution is -0.156. The van der Waals surface area contributed by atoms with Gasteiger partial charge in [0, 0.05) is 12.4 Å². The summed E-state index contributed by atoms with van der Waals surface area (Å²) < 4.78 is 1.43. The van der Waals surface area contributed by atoms with Gasteiger partial charge in [0.15, 0.2) is 5.70 Å². The molecular formula is C11H11N3O4S. The molecule has 100 valence electrons. The van der Waals surface area contributed by atoms with Gasteiger partial charge in [-0.1, -0.05) is 11.8 Å².